The number of aryl methyl sites for hydroxylation is 1. The van der Waals surface area contributed by atoms with Crippen LogP contribution >= 0.6 is 0 Å². The highest BCUT2D eigenvalue weighted by molar-refractivity contribution is 5.98. The first-order valence-electron chi connectivity index (χ1n) is 7.89. The maximum absolute atomic E-state index is 12.1. The van der Waals surface area contributed by atoms with E-state index < -0.39 is 5.97 Å². The van der Waals surface area contributed by atoms with Crippen LogP contribution in [0.1, 0.15) is 45.7 Å². The summed E-state index contributed by atoms with van der Waals surface area (Å²) in [6.45, 7) is 0.516. The number of Topliss-reactive ketones (excluding diaryl/α,β-unsaturated/α-hetero) is 1. The van der Waals surface area contributed by atoms with Crippen molar-refractivity contribution in [2.45, 2.75) is 32.2 Å². The van der Waals surface area contributed by atoms with Crippen LogP contribution in [0.2, 0.25) is 0 Å². The highest BCUT2D eigenvalue weighted by Crippen LogP contribution is 2.22. The van der Waals surface area contributed by atoms with Gasteiger partial charge in [-0.1, -0.05) is 0 Å². The first-order chi connectivity index (χ1) is 11.5. The number of hydrogen-bond acceptors (Lipinski definition) is 3. The molecule has 0 radical (unpaired) electrons. The molecule has 124 valence electrons. The lowest BCUT2D eigenvalue weighted by Crippen LogP contribution is -2.17. The van der Waals surface area contributed by atoms with E-state index in [4.69, 9.17) is 5.11 Å². The smallest absolute Gasteiger partial charge is 0.335 e. The molecule has 24 heavy (non-hydrogen) atoms. The van der Waals surface area contributed by atoms with Crippen molar-refractivity contribution < 1.29 is 19.5 Å². The van der Waals surface area contributed by atoms with Gasteiger partial charge in [-0.2, -0.15) is 0 Å². The molecule has 0 saturated heterocycles. The minimum absolute atomic E-state index is 0.150. The summed E-state index contributed by atoms with van der Waals surface area (Å²) in [5.41, 5.74) is 2.54. The second-order valence-electron chi connectivity index (χ2n) is 5.83. The number of nitrogens with one attached hydrogen (secondary N) is 1. The standard InChI is InChI=1S/C18H18N2O4/c21-16-3-1-2-15-14(16)8-10-20(15)11-9-17(22)19-13-6-4-12(5-7-13)18(23)24/h4-8,10H,1-3,9,11H2,(H,19,22)(H,23,24). The zero-order valence-corrected chi connectivity index (χ0v) is 13.1. The van der Waals surface area contributed by atoms with E-state index in [1.54, 1.807) is 12.1 Å². The summed E-state index contributed by atoms with van der Waals surface area (Å²) < 4.78 is 1.97. The Morgan fingerprint density at radius 1 is 1.12 bits per heavy atom. The first kappa shape index (κ1) is 16.0. The lowest BCUT2D eigenvalue weighted by Gasteiger charge is -2.15. The third-order valence-corrected chi connectivity index (χ3v) is 4.19. The van der Waals surface area contributed by atoms with Crippen molar-refractivity contribution in [3.05, 3.63) is 53.3 Å². The number of amides is 1. The molecule has 0 saturated carbocycles. The van der Waals surface area contributed by atoms with Gasteiger partial charge in [0.25, 0.3) is 0 Å². The van der Waals surface area contributed by atoms with E-state index in [-0.39, 0.29) is 23.7 Å². The number of carbonyl (C=O) groups is 3. The molecule has 0 fully saturated rings. The van der Waals surface area contributed by atoms with E-state index >= 15 is 0 Å². The average Bonchev–Trinajstić information content (AvgIpc) is 2.98. The molecule has 3 rings (SSSR count). The maximum Gasteiger partial charge on any atom is 0.335 e. The summed E-state index contributed by atoms with van der Waals surface area (Å²) in [5, 5.41) is 11.6. The van der Waals surface area contributed by atoms with E-state index in [0.29, 0.717) is 18.7 Å². The number of aromatic nitrogens is 1. The molecular formula is C18H18N2O4. The van der Waals surface area contributed by atoms with Gasteiger partial charge < -0.3 is 15.0 Å². The minimum atomic E-state index is -1.00. The maximum atomic E-state index is 12.1. The number of carboxylic acids is 1. The summed E-state index contributed by atoms with van der Waals surface area (Å²) in [4.78, 5) is 34.7. The lowest BCUT2D eigenvalue weighted by molar-refractivity contribution is -0.116. The molecule has 0 bridgehead atoms. The number of aromatic carboxylic acids is 1. The van der Waals surface area contributed by atoms with Crippen molar-refractivity contribution >= 4 is 23.3 Å². The molecule has 1 amide bonds. The van der Waals surface area contributed by atoms with Crippen LogP contribution in [0.25, 0.3) is 0 Å². The summed E-state index contributed by atoms with van der Waals surface area (Å²) in [7, 11) is 0. The lowest BCUT2D eigenvalue weighted by atomic mass is 9.97. The first-order valence-corrected chi connectivity index (χ1v) is 7.89. The zero-order valence-electron chi connectivity index (χ0n) is 13.1. The van der Waals surface area contributed by atoms with Crippen LogP contribution in [0.4, 0.5) is 5.69 Å². The molecule has 6 heteroatoms. The van der Waals surface area contributed by atoms with Crippen molar-refractivity contribution in [1.82, 2.24) is 4.57 Å². The third kappa shape index (κ3) is 3.37. The van der Waals surface area contributed by atoms with E-state index in [1.165, 1.54) is 12.1 Å². The Morgan fingerprint density at radius 2 is 1.88 bits per heavy atom. The van der Waals surface area contributed by atoms with Crippen LogP contribution in [0.15, 0.2) is 36.5 Å². The van der Waals surface area contributed by atoms with Gasteiger partial charge in [0.2, 0.25) is 5.91 Å². The van der Waals surface area contributed by atoms with Crippen LogP contribution in [-0.4, -0.2) is 27.3 Å². The number of anilines is 1. The van der Waals surface area contributed by atoms with Gasteiger partial charge in [-0.3, -0.25) is 9.59 Å². The van der Waals surface area contributed by atoms with Crippen LogP contribution in [-0.2, 0) is 17.8 Å². The van der Waals surface area contributed by atoms with Crippen molar-refractivity contribution in [3.63, 3.8) is 0 Å². The van der Waals surface area contributed by atoms with Gasteiger partial charge in [-0.05, 0) is 43.2 Å². The number of rotatable bonds is 5. The molecule has 2 N–H and O–H groups in total. The summed E-state index contributed by atoms with van der Waals surface area (Å²) in [6, 6.07) is 7.87. The molecule has 0 spiro atoms. The Hall–Kier alpha value is -2.89. The van der Waals surface area contributed by atoms with Gasteiger partial charge >= 0.3 is 5.97 Å². The number of ketones is 1. The number of carboxylic acid groups (broad SMARTS) is 1. The molecule has 0 unspecified atom stereocenters. The Morgan fingerprint density at radius 3 is 2.58 bits per heavy atom. The molecule has 2 aromatic rings. The van der Waals surface area contributed by atoms with E-state index in [9.17, 15) is 14.4 Å². The highest BCUT2D eigenvalue weighted by Gasteiger charge is 2.20. The Labute approximate surface area is 139 Å². The molecule has 1 aliphatic rings. The summed E-state index contributed by atoms with van der Waals surface area (Å²) >= 11 is 0. The van der Waals surface area contributed by atoms with Gasteiger partial charge in [0.05, 0.1) is 5.56 Å². The van der Waals surface area contributed by atoms with E-state index in [2.05, 4.69) is 5.32 Å². The fourth-order valence-electron chi connectivity index (χ4n) is 2.94. The van der Waals surface area contributed by atoms with Gasteiger partial charge in [0, 0.05) is 42.5 Å². The SMILES string of the molecule is O=C(CCn1ccc2c1CCCC2=O)Nc1ccc(C(=O)O)cc1. The highest BCUT2D eigenvalue weighted by atomic mass is 16.4. The molecule has 1 aliphatic carbocycles. The van der Waals surface area contributed by atoms with E-state index in [1.807, 2.05) is 16.8 Å². The fraction of sp³-hybridized carbons (Fsp3) is 0.278. The van der Waals surface area contributed by atoms with Crippen LogP contribution in [0.3, 0.4) is 0 Å². The van der Waals surface area contributed by atoms with Crippen molar-refractivity contribution in [1.29, 1.82) is 0 Å². The van der Waals surface area contributed by atoms with Gasteiger partial charge in [0.1, 0.15) is 0 Å². The zero-order chi connectivity index (χ0) is 17.1. The molecule has 0 atom stereocenters. The largest absolute Gasteiger partial charge is 0.478 e. The normalized spacial score (nSPS) is 13.4. The summed E-state index contributed by atoms with van der Waals surface area (Å²) in [6.07, 6.45) is 4.48. The second kappa shape index (κ2) is 6.70. The van der Waals surface area contributed by atoms with Gasteiger partial charge in [-0.25, -0.2) is 4.79 Å². The Balaban J connectivity index is 1.58. The topological polar surface area (TPSA) is 88.4 Å². The Kier molecular flexibility index (Phi) is 4.46. The van der Waals surface area contributed by atoms with Gasteiger partial charge in [-0.15, -0.1) is 0 Å². The second-order valence-corrected chi connectivity index (χ2v) is 5.83. The Bertz CT molecular complexity index is 790. The molecule has 6 nitrogen and oxygen atoms in total. The molecule has 0 aliphatic heterocycles. The van der Waals surface area contributed by atoms with Gasteiger partial charge in [0.15, 0.2) is 5.78 Å². The number of benzene rings is 1. The summed E-state index contributed by atoms with van der Waals surface area (Å²) in [5.74, 6) is -0.972. The molecule has 1 aromatic carbocycles. The average molecular weight is 326 g/mol. The van der Waals surface area contributed by atoms with Crippen LogP contribution in [0, 0.1) is 0 Å². The minimum Gasteiger partial charge on any atom is -0.478 e. The van der Waals surface area contributed by atoms with Crippen molar-refractivity contribution in [3.8, 4) is 0 Å². The molecular weight excluding hydrogens is 308 g/mol. The van der Waals surface area contributed by atoms with Crippen molar-refractivity contribution in [2.24, 2.45) is 0 Å². The number of fused-ring (bicyclic) bond motifs is 1. The predicted octanol–water partition coefficient (Wildman–Crippen LogP) is 2.73. The van der Waals surface area contributed by atoms with Crippen LogP contribution < -0.4 is 5.32 Å². The fourth-order valence-corrected chi connectivity index (χ4v) is 2.94. The predicted molar refractivity (Wildman–Crippen MR) is 88.3 cm³/mol. The molecule has 1 aromatic heterocycles. The third-order valence-electron chi connectivity index (χ3n) is 4.19. The van der Waals surface area contributed by atoms with E-state index in [0.717, 1.165) is 24.1 Å². The monoisotopic (exact) mass is 326 g/mol. The van der Waals surface area contributed by atoms with Crippen molar-refractivity contribution in [2.75, 3.05) is 5.32 Å². The van der Waals surface area contributed by atoms with Crippen LogP contribution in [0.5, 0.6) is 0 Å². The molecule has 1 heterocycles. The number of nitrogens with zero attached hydrogens (tertiary/aromatic N) is 1. The number of carbonyl (C=O) groups excluding carboxylic acids is 2. The number of hydrogen-bond donors (Lipinski definition) is 2. The quantitative estimate of drug-likeness (QED) is 0.884.